The van der Waals surface area contributed by atoms with Gasteiger partial charge in [-0.15, -0.1) is 0 Å². The SMILES string of the molecule is COC(=O)N[C@H](C(=O)O)[C@@H]1CCOC(C)(C)C1. The normalized spacial score (nSPS) is 24.8. The number of methoxy groups -OCH3 is 1. The molecule has 0 bridgehead atoms. The molecule has 0 radical (unpaired) electrons. The van der Waals surface area contributed by atoms with Crippen molar-refractivity contribution in [3.05, 3.63) is 0 Å². The Bertz CT molecular complexity index is 302. The quantitative estimate of drug-likeness (QED) is 0.774. The van der Waals surface area contributed by atoms with Gasteiger partial charge in [0.1, 0.15) is 6.04 Å². The van der Waals surface area contributed by atoms with Crippen molar-refractivity contribution in [1.29, 1.82) is 0 Å². The zero-order valence-corrected chi connectivity index (χ0v) is 10.4. The second kappa shape index (κ2) is 5.35. The van der Waals surface area contributed by atoms with E-state index in [2.05, 4.69) is 10.1 Å². The van der Waals surface area contributed by atoms with Gasteiger partial charge >= 0.3 is 12.1 Å². The highest BCUT2D eigenvalue weighted by molar-refractivity contribution is 5.80. The van der Waals surface area contributed by atoms with Gasteiger partial charge in [-0.05, 0) is 32.6 Å². The number of aliphatic carboxylic acids is 1. The molecule has 2 atom stereocenters. The first-order valence-corrected chi connectivity index (χ1v) is 5.57. The van der Waals surface area contributed by atoms with Crippen LogP contribution in [0.5, 0.6) is 0 Å². The smallest absolute Gasteiger partial charge is 0.407 e. The molecule has 1 fully saturated rings. The molecule has 0 aromatic rings. The van der Waals surface area contributed by atoms with Crippen LogP contribution < -0.4 is 5.32 Å². The van der Waals surface area contributed by atoms with Crippen molar-refractivity contribution in [1.82, 2.24) is 5.32 Å². The van der Waals surface area contributed by atoms with Gasteiger partial charge in [-0.3, -0.25) is 0 Å². The van der Waals surface area contributed by atoms with Crippen LogP contribution in [0.3, 0.4) is 0 Å². The number of carbonyl (C=O) groups excluding carboxylic acids is 1. The lowest BCUT2D eigenvalue weighted by atomic mass is 9.83. The van der Waals surface area contributed by atoms with Crippen LogP contribution in [-0.4, -0.2) is 42.5 Å². The number of ether oxygens (including phenoxy) is 2. The van der Waals surface area contributed by atoms with Crippen LogP contribution in [0.1, 0.15) is 26.7 Å². The predicted octanol–water partition coefficient (Wildman–Crippen LogP) is 1.00. The second-order valence-electron chi connectivity index (χ2n) is 4.81. The van der Waals surface area contributed by atoms with Gasteiger partial charge in [0.15, 0.2) is 0 Å². The third-order valence-corrected chi connectivity index (χ3v) is 2.93. The van der Waals surface area contributed by atoms with Crippen LogP contribution in [-0.2, 0) is 14.3 Å². The molecule has 0 aromatic carbocycles. The maximum absolute atomic E-state index is 11.2. The molecule has 98 valence electrons. The Morgan fingerprint density at radius 1 is 1.53 bits per heavy atom. The largest absolute Gasteiger partial charge is 0.480 e. The summed E-state index contributed by atoms with van der Waals surface area (Å²) in [7, 11) is 1.21. The van der Waals surface area contributed by atoms with Gasteiger partial charge in [-0.25, -0.2) is 9.59 Å². The van der Waals surface area contributed by atoms with Crippen molar-refractivity contribution in [3.8, 4) is 0 Å². The number of rotatable bonds is 3. The summed E-state index contributed by atoms with van der Waals surface area (Å²) in [4.78, 5) is 22.3. The highest BCUT2D eigenvalue weighted by Gasteiger charge is 2.37. The van der Waals surface area contributed by atoms with Crippen molar-refractivity contribution >= 4 is 12.1 Å². The van der Waals surface area contributed by atoms with E-state index in [1.807, 2.05) is 13.8 Å². The minimum Gasteiger partial charge on any atom is -0.480 e. The van der Waals surface area contributed by atoms with Crippen molar-refractivity contribution in [2.45, 2.75) is 38.3 Å². The summed E-state index contributed by atoms with van der Waals surface area (Å²) in [5.41, 5.74) is -0.353. The fraction of sp³-hybridized carbons (Fsp3) is 0.818. The number of carboxylic acid groups (broad SMARTS) is 1. The summed E-state index contributed by atoms with van der Waals surface area (Å²) in [5, 5.41) is 11.5. The molecule has 17 heavy (non-hydrogen) atoms. The first kappa shape index (κ1) is 13.8. The molecule has 1 heterocycles. The maximum atomic E-state index is 11.2. The molecule has 1 aliphatic heterocycles. The minimum absolute atomic E-state index is 0.143. The highest BCUT2D eigenvalue weighted by atomic mass is 16.5. The van der Waals surface area contributed by atoms with Gasteiger partial charge in [0.25, 0.3) is 0 Å². The fourth-order valence-electron chi connectivity index (χ4n) is 2.13. The third-order valence-electron chi connectivity index (χ3n) is 2.93. The summed E-state index contributed by atoms with van der Waals surface area (Å²) in [6.07, 6.45) is 0.486. The molecule has 0 aromatic heterocycles. The molecule has 6 nitrogen and oxygen atoms in total. The van der Waals surface area contributed by atoms with E-state index in [0.29, 0.717) is 19.4 Å². The van der Waals surface area contributed by atoms with Crippen LogP contribution in [0.25, 0.3) is 0 Å². The molecule has 0 spiro atoms. The molecule has 6 heteroatoms. The van der Waals surface area contributed by atoms with Gasteiger partial charge in [0.2, 0.25) is 0 Å². The Hall–Kier alpha value is -1.30. The molecule has 2 N–H and O–H groups in total. The monoisotopic (exact) mass is 245 g/mol. The van der Waals surface area contributed by atoms with E-state index in [-0.39, 0.29) is 11.5 Å². The number of hydrogen-bond donors (Lipinski definition) is 2. The number of hydrogen-bond acceptors (Lipinski definition) is 4. The lowest BCUT2D eigenvalue weighted by Gasteiger charge is -2.37. The molecular formula is C11H19NO5. The Morgan fingerprint density at radius 2 is 2.18 bits per heavy atom. The first-order chi connectivity index (χ1) is 7.85. The van der Waals surface area contributed by atoms with E-state index in [1.54, 1.807) is 0 Å². The summed E-state index contributed by atoms with van der Waals surface area (Å²) in [6, 6.07) is -0.925. The van der Waals surface area contributed by atoms with Crippen LogP contribution >= 0.6 is 0 Å². The zero-order chi connectivity index (χ0) is 13.1. The number of carbonyl (C=O) groups is 2. The molecule has 0 saturated carbocycles. The molecule has 1 amide bonds. The molecular weight excluding hydrogens is 226 g/mol. The average molecular weight is 245 g/mol. The van der Waals surface area contributed by atoms with Gasteiger partial charge in [0.05, 0.1) is 12.7 Å². The molecule has 1 saturated heterocycles. The van der Waals surface area contributed by atoms with E-state index in [0.717, 1.165) is 0 Å². The third kappa shape index (κ3) is 3.89. The van der Waals surface area contributed by atoms with Crippen LogP contribution in [0.4, 0.5) is 4.79 Å². The van der Waals surface area contributed by atoms with E-state index < -0.39 is 18.1 Å². The summed E-state index contributed by atoms with van der Waals surface area (Å²) >= 11 is 0. The maximum Gasteiger partial charge on any atom is 0.407 e. The van der Waals surface area contributed by atoms with Crippen LogP contribution in [0.15, 0.2) is 0 Å². The lowest BCUT2D eigenvalue weighted by molar-refractivity contribution is -0.144. The fourth-order valence-corrected chi connectivity index (χ4v) is 2.13. The predicted molar refractivity (Wildman–Crippen MR) is 59.7 cm³/mol. The van der Waals surface area contributed by atoms with Crippen molar-refractivity contribution < 1.29 is 24.2 Å². The minimum atomic E-state index is -1.04. The van der Waals surface area contributed by atoms with Gasteiger partial charge < -0.3 is 19.9 Å². The molecule has 0 aliphatic carbocycles. The van der Waals surface area contributed by atoms with Gasteiger partial charge in [-0.1, -0.05) is 0 Å². The lowest BCUT2D eigenvalue weighted by Crippen LogP contribution is -2.50. The Kier molecular flexibility index (Phi) is 4.34. The van der Waals surface area contributed by atoms with Gasteiger partial charge in [-0.2, -0.15) is 0 Å². The Balaban J connectivity index is 2.70. The first-order valence-electron chi connectivity index (χ1n) is 5.57. The van der Waals surface area contributed by atoms with E-state index in [4.69, 9.17) is 9.84 Å². The number of amides is 1. The second-order valence-corrected chi connectivity index (χ2v) is 4.81. The molecule has 1 aliphatic rings. The number of alkyl carbamates (subject to hydrolysis) is 1. The van der Waals surface area contributed by atoms with Crippen molar-refractivity contribution in [2.75, 3.05) is 13.7 Å². The number of carboxylic acids is 1. The van der Waals surface area contributed by atoms with E-state index in [9.17, 15) is 9.59 Å². The van der Waals surface area contributed by atoms with Crippen molar-refractivity contribution in [3.63, 3.8) is 0 Å². The standard InChI is InChI=1S/C11H19NO5/c1-11(2)6-7(4-5-17-11)8(9(13)14)12-10(15)16-3/h7-8H,4-6H2,1-3H3,(H,12,15)(H,13,14)/t7-,8+/m1/s1. The Labute approximate surface area is 100 Å². The topological polar surface area (TPSA) is 84.9 Å². The Morgan fingerprint density at radius 3 is 2.65 bits per heavy atom. The highest BCUT2D eigenvalue weighted by Crippen LogP contribution is 2.30. The summed E-state index contributed by atoms with van der Waals surface area (Å²) in [5.74, 6) is -1.19. The van der Waals surface area contributed by atoms with E-state index in [1.165, 1.54) is 7.11 Å². The summed E-state index contributed by atoms with van der Waals surface area (Å²) < 4.78 is 9.95. The molecule has 1 rings (SSSR count). The van der Waals surface area contributed by atoms with Gasteiger partial charge in [0, 0.05) is 6.61 Å². The molecule has 0 unspecified atom stereocenters. The van der Waals surface area contributed by atoms with E-state index >= 15 is 0 Å². The summed E-state index contributed by atoms with van der Waals surface area (Å²) in [6.45, 7) is 4.33. The van der Waals surface area contributed by atoms with Crippen LogP contribution in [0.2, 0.25) is 0 Å². The van der Waals surface area contributed by atoms with Crippen LogP contribution in [0, 0.1) is 5.92 Å². The zero-order valence-electron chi connectivity index (χ0n) is 10.4. The number of nitrogens with one attached hydrogen (secondary N) is 1. The van der Waals surface area contributed by atoms with Crippen molar-refractivity contribution in [2.24, 2.45) is 5.92 Å². The average Bonchev–Trinajstić information content (AvgIpc) is 2.23.